The highest BCUT2D eigenvalue weighted by Crippen LogP contribution is 2.17. The van der Waals surface area contributed by atoms with Gasteiger partial charge in [-0.3, -0.25) is 0 Å². The quantitative estimate of drug-likeness (QED) is 0.777. The Kier molecular flexibility index (Phi) is 4.74. The fourth-order valence-corrected chi connectivity index (χ4v) is 2.22. The molecule has 0 radical (unpaired) electrons. The topological polar surface area (TPSA) is 51.7 Å². The van der Waals surface area contributed by atoms with E-state index >= 15 is 0 Å². The van der Waals surface area contributed by atoms with Crippen LogP contribution in [0.3, 0.4) is 0 Å². The lowest BCUT2D eigenvalue weighted by Gasteiger charge is -2.28. The van der Waals surface area contributed by atoms with Gasteiger partial charge in [0.25, 0.3) is 0 Å². The number of methoxy groups -OCH3 is 1. The average molecular weight is 264 g/mol. The zero-order valence-corrected chi connectivity index (χ0v) is 11.5. The summed E-state index contributed by atoms with van der Waals surface area (Å²) in [6.07, 6.45) is 5.33. The van der Waals surface area contributed by atoms with Crippen LogP contribution in [0.4, 0.5) is 5.82 Å². The number of hydrogen-bond donors (Lipinski definition) is 0. The van der Waals surface area contributed by atoms with E-state index in [2.05, 4.69) is 4.98 Å². The van der Waals surface area contributed by atoms with Gasteiger partial charge in [0, 0.05) is 26.4 Å². The van der Waals surface area contributed by atoms with Crippen LogP contribution in [0.2, 0.25) is 0 Å². The number of pyridine rings is 1. The number of aromatic nitrogens is 1. The normalized spacial score (nSPS) is 18.9. The van der Waals surface area contributed by atoms with E-state index in [0.29, 0.717) is 5.56 Å². The van der Waals surface area contributed by atoms with Crippen molar-refractivity contribution in [2.45, 2.75) is 25.4 Å². The minimum atomic E-state index is -0.342. The van der Waals surface area contributed by atoms with Gasteiger partial charge in [-0.05, 0) is 31.4 Å². The molecule has 0 saturated carbocycles. The SMILES string of the molecule is COC(=O)c1ccnc(N(C)CC2CCCCO2)c1. The predicted octanol–water partition coefficient (Wildman–Crippen LogP) is 1.87. The molecule has 1 aliphatic heterocycles. The van der Waals surface area contributed by atoms with Gasteiger partial charge in [-0.2, -0.15) is 0 Å². The number of anilines is 1. The maximum Gasteiger partial charge on any atom is 0.338 e. The van der Waals surface area contributed by atoms with E-state index in [1.54, 1.807) is 18.3 Å². The number of esters is 1. The van der Waals surface area contributed by atoms with Crippen molar-refractivity contribution in [1.82, 2.24) is 4.98 Å². The largest absolute Gasteiger partial charge is 0.465 e. The van der Waals surface area contributed by atoms with Gasteiger partial charge in [-0.25, -0.2) is 9.78 Å². The summed E-state index contributed by atoms with van der Waals surface area (Å²) in [4.78, 5) is 17.8. The molecule has 1 fully saturated rings. The smallest absolute Gasteiger partial charge is 0.338 e. The Hall–Kier alpha value is -1.62. The molecule has 0 aliphatic carbocycles. The highest BCUT2D eigenvalue weighted by Gasteiger charge is 2.17. The lowest BCUT2D eigenvalue weighted by atomic mass is 10.1. The monoisotopic (exact) mass is 264 g/mol. The van der Waals surface area contributed by atoms with Gasteiger partial charge in [0.2, 0.25) is 0 Å². The molecular formula is C14H20N2O3. The molecule has 1 unspecified atom stereocenters. The van der Waals surface area contributed by atoms with Gasteiger partial charge in [-0.1, -0.05) is 0 Å². The lowest BCUT2D eigenvalue weighted by molar-refractivity contribution is 0.0215. The van der Waals surface area contributed by atoms with Crippen molar-refractivity contribution in [3.63, 3.8) is 0 Å². The standard InChI is InChI=1S/C14H20N2O3/c1-16(10-12-5-3-4-8-19-12)13-9-11(6-7-15-13)14(17)18-2/h6-7,9,12H,3-5,8,10H2,1-2H3. The van der Waals surface area contributed by atoms with Crippen LogP contribution in [0.25, 0.3) is 0 Å². The molecule has 1 aromatic rings. The summed E-state index contributed by atoms with van der Waals surface area (Å²) in [7, 11) is 3.34. The highest BCUT2D eigenvalue weighted by molar-refractivity contribution is 5.90. The molecule has 5 heteroatoms. The summed E-state index contributed by atoms with van der Waals surface area (Å²) >= 11 is 0. The van der Waals surface area contributed by atoms with Crippen LogP contribution < -0.4 is 4.90 Å². The van der Waals surface area contributed by atoms with Crippen molar-refractivity contribution in [2.24, 2.45) is 0 Å². The van der Waals surface area contributed by atoms with E-state index in [9.17, 15) is 4.79 Å². The molecule has 104 valence electrons. The van der Waals surface area contributed by atoms with E-state index in [1.165, 1.54) is 13.5 Å². The molecule has 19 heavy (non-hydrogen) atoms. The minimum absolute atomic E-state index is 0.252. The van der Waals surface area contributed by atoms with Crippen LogP contribution in [-0.4, -0.2) is 44.4 Å². The third-order valence-electron chi connectivity index (χ3n) is 3.31. The summed E-state index contributed by atoms with van der Waals surface area (Å²) in [5.41, 5.74) is 0.518. The second-order valence-corrected chi connectivity index (χ2v) is 4.76. The summed E-state index contributed by atoms with van der Waals surface area (Å²) in [5, 5.41) is 0. The number of carbonyl (C=O) groups is 1. The van der Waals surface area contributed by atoms with Crippen LogP contribution in [-0.2, 0) is 9.47 Å². The molecule has 1 saturated heterocycles. The first-order valence-electron chi connectivity index (χ1n) is 6.58. The van der Waals surface area contributed by atoms with E-state index in [-0.39, 0.29) is 12.1 Å². The highest BCUT2D eigenvalue weighted by atomic mass is 16.5. The maximum atomic E-state index is 11.5. The van der Waals surface area contributed by atoms with Crippen LogP contribution in [0, 0.1) is 0 Å². The second-order valence-electron chi connectivity index (χ2n) is 4.76. The van der Waals surface area contributed by atoms with Crippen molar-refractivity contribution in [3.05, 3.63) is 23.9 Å². The first kappa shape index (κ1) is 13.8. The zero-order valence-electron chi connectivity index (χ0n) is 11.5. The lowest BCUT2D eigenvalue weighted by Crippen LogP contribution is -2.33. The van der Waals surface area contributed by atoms with Gasteiger partial charge in [0.05, 0.1) is 18.8 Å². The van der Waals surface area contributed by atoms with Crippen molar-refractivity contribution in [2.75, 3.05) is 32.2 Å². The third-order valence-corrected chi connectivity index (χ3v) is 3.31. The molecule has 0 N–H and O–H groups in total. The van der Waals surface area contributed by atoms with Gasteiger partial charge in [-0.15, -0.1) is 0 Å². The fraction of sp³-hybridized carbons (Fsp3) is 0.571. The molecule has 2 rings (SSSR count). The first-order chi connectivity index (χ1) is 9.20. The molecule has 0 amide bonds. The average Bonchev–Trinajstić information content (AvgIpc) is 2.47. The van der Waals surface area contributed by atoms with E-state index < -0.39 is 0 Å². The molecule has 2 heterocycles. The summed E-state index contributed by atoms with van der Waals surface area (Å²) in [6, 6.07) is 3.40. The Balaban J connectivity index is 2.01. The van der Waals surface area contributed by atoms with Crippen molar-refractivity contribution >= 4 is 11.8 Å². The van der Waals surface area contributed by atoms with Gasteiger partial charge in [0.1, 0.15) is 5.82 Å². The second kappa shape index (κ2) is 6.52. The van der Waals surface area contributed by atoms with Crippen LogP contribution in [0.5, 0.6) is 0 Å². The number of hydrogen-bond acceptors (Lipinski definition) is 5. The van der Waals surface area contributed by atoms with Crippen molar-refractivity contribution in [1.29, 1.82) is 0 Å². The number of rotatable bonds is 4. The summed E-state index contributed by atoms with van der Waals surface area (Å²) in [5.74, 6) is 0.419. The number of ether oxygens (including phenoxy) is 2. The Morgan fingerprint density at radius 1 is 1.58 bits per heavy atom. The Morgan fingerprint density at radius 3 is 3.11 bits per heavy atom. The predicted molar refractivity (Wildman–Crippen MR) is 72.4 cm³/mol. The zero-order chi connectivity index (χ0) is 13.7. The molecular weight excluding hydrogens is 244 g/mol. The third kappa shape index (κ3) is 3.67. The van der Waals surface area contributed by atoms with Crippen LogP contribution in [0.15, 0.2) is 18.3 Å². The fourth-order valence-electron chi connectivity index (χ4n) is 2.22. The van der Waals surface area contributed by atoms with Gasteiger partial charge < -0.3 is 14.4 Å². The first-order valence-corrected chi connectivity index (χ1v) is 6.58. The van der Waals surface area contributed by atoms with Crippen LogP contribution >= 0.6 is 0 Å². The van der Waals surface area contributed by atoms with E-state index in [4.69, 9.17) is 9.47 Å². The Morgan fingerprint density at radius 2 is 2.42 bits per heavy atom. The summed E-state index contributed by atoms with van der Waals surface area (Å²) < 4.78 is 10.4. The molecule has 1 atom stereocenters. The molecule has 0 spiro atoms. The van der Waals surface area contributed by atoms with E-state index in [1.807, 2.05) is 11.9 Å². The van der Waals surface area contributed by atoms with Gasteiger partial charge >= 0.3 is 5.97 Å². The van der Waals surface area contributed by atoms with Gasteiger partial charge in [0.15, 0.2) is 0 Å². The molecule has 1 aromatic heterocycles. The van der Waals surface area contributed by atoms with Crippen molar-refractivity contribution in [3.8, 4) is 0 Å². The number of nitrogens with zero attached hydrogens (tertiary/aromatic N) is 2. The number of carbonyl (C=O) groups excluding carboxylic acids is 1. The Bertz CT molecular complexity index is 430. The van der Waals surface area contributed by atoms with Crippen molar-refractivity contribution < 1.29 is 14.3 Å². The molecule has 0 bridgehead atoms. The maximum absolute atomic E-state index is 11.5. The van der Waals surface area contributed by atoms with Crippen LogP contribution in [0.1, 0.15) is 29.6 Å². The Labute approximate surface area is 113 Å². The van der Waals surface area contributed by atoms with E-state index in [0.717, 1.165) is 31.8 Å². The molecule has 1 aliphatic rings. The summed E-state index contributed by atoms with van der Waals surface area (Å²) in [6.45, 7) is 1.63. The molecule has 5 nitrogen and oxygen atoms in total. The molecule has 0 aromatic carbocycles. The number of likely N-dealkylation sites (N-methyl/N-ethyl adjacent to an activating group) is 1. The minimum Gasteiger partial charge on any atom is -0.465 e.